The molecule has 0 aliphatic rings. The lowest BCUT2D eigenvalue weighted by Crippen LogP contribution is -2.15. The Hall–Kier alpha value is -3.72. The Kier molecular flexibility index (Phi) is 8.24. The topological polar surface area (TPSA) is 130 Å². The second kappa shape index (κ2) is 11.1. The zero-order chi connectivity index (χ0) is 25.7. The summed E-state index contributed by atoms with van der Waals surface area (Å²) < 4.78 is 11.7. The molecule has 0 atom stereocenters. The van der Waals surface area contributed by atoms with Crippen molar-refractivity contribution in [3.05, 3.63) is 64.1 Å². The molecule has 3 rings (SSSR count). The van der Waals surface area contributed by atoms with Gasteiger partial charge in [-0.05, 0) is 42.9 Å². The van der Waals surface area contributed by atoms with Crippen molar-refractivity contribution in [2.45, 2.75) is 53.8 Å². The zero-order valence-corrected chi connectivity index (χ0v) is 20.8. The standard InChI is InChI=1S/C26H32N4O5/c1-15(2)10-22-19(11-27)24(18-8-6-16(3)7-9-18)21(17(4)28-22)14-35-25-20(26(32)33)12-30(29-25)13-23(31)34-5/h6-9,12,15H,10-11,13-14,27H2,1-5H3,(H,32,33). The number of carbonyl (C=O) groups excluding carboxylic acids is 1. The summed E-state index contributed by atoms with van der Waals surface area (Å²) in [6.45, 7) is 8.32. The van der Waals surface area contributed by atoms with Crippen molar-refractivity contribution in [2.24, 2.45) is 11.7 Å². The van der Waals surface area contributed by atoms with Crippen LogP contribution < -0.4 is 10.5 Å². The molecular weight excluding hydrogens is 448 g/mol. The Balaban J connectivity index is 2.07. The third-order valence-corrected chi connectivity index (χ3v) is 5.67. The highest BCUT2D eigenvalue weighted by atomic mass is 16.5. The first-order chi connectivity index (χ1) is 16.6. The van der Waals surface area contributed by atoms with Crippen molar-refractivity contribution in [3.63, 3.8) is 0 Å². The van der Waals surface area contributed by atoms with Gasteiger partial charge in [0.15, 0.2) is 0 Å². The van der Waals surface area contributed by atoms with E-state index < -0.39 is 11.9 Å². The van der Waals surface area contributed by atoms with Crippen LogP contribution in [0.4, 0.5) is 0 Å². The summed E-state index contributed by atoms with van der Waals surface area (Å²) in [5.41, 5.74) is 12.6. The van der Waals surface area contributed by atoms with Crippen LogP contribution in [-0.4, -0.2) is 38.9 Å². The molecule has 9 heteroatoms. The van der Waals surface area contributed by atoms with Crippen LogP contribution in [0, 0.1) is 19.8 Å². The van der Waals surface area contributed by atoms with Gasteiger partial charge in [0.05, 0.1) is 7.11 Å². The molecule has 9 nitrogen and oxygen atoms in total. The first-order valence-electron chi connectivity index (χ1n) is 11.4. The molecule has 3 aromatic rings. The maximum atomic E-state index is 11.8. The van der Waals surface area contributed by atoms with Crippen LogP contribution in [0.3, 0.4) is 0 Å². The maximum absolute atomic E-state index is 11.8. The summed E-state index contributed by atoms with van der Waals surface area (Å²) in [7, 11) is 1.25. The Labute approximate surface area is 204 Å². The van der Waals surface area contributed by atoms with Crippen molar-refractivity contribution < 1.29 is 24.2 Å². The highest BCUT2D eigenvalue weighted by Crippen LogP contribution is 2.33. The zero-order valence-electron chi connectivity index (χ0n) is 20.8. The highest BCUT2D eigenvalue weighted by molar-refractivity contribution is 5.90. The number of carbonyl (C=O) groups is 2. The lowest BCUT2D eigenvalue weighted by atomic mass is 9.90. The summed E-state index contributed by atoms with van der Waals surface area (Å²) in [4.78, 5) is 28.2. The summed E-state index contributed by atoms with van der Waals surface area (Å²) in [6.07, 6.45) is 2.03. The second-order valence-electron chi connectivity index (χ2n) is 8.86. The van der Waals surface area contributed by atoms with Gasteiger partial charge in [0.2, 0.25) is 5.88 Å². The SMILES string of the molecule is COC(=O)Cn1cc(C(=O)O)c(OCc2c(C)nc(CC(C)C)c(CN)c2-c2ccc(C)cc2)n1. The van der Waals surface area contributed by atoms with Gasteiger partial charge < -0.3 is 20.3 Å². The van der Waals surface area contributed by atoms with E-state index in [1.54, 1.807) is 0 Å². The molecule has 35 heavy (non-hydrogen) atoms. The smallest absolute Gasteiger partial charge is 0.342 e. The fourth-order valence-corrected chi connectivity index (χ4v) is 3.94. The Bertz CT molecular complexity index is 1220. The number of hydrogen-bond donors (Lipinski definition) is 2. The van der Waals surface area contributed by atoms with Crippen LogP contribution in [0.2, 0.25) is 0 Å². The van der Waals surface area contributed by atoms with Crippen molar-refractivity contribution in [1.82, 2.24) is 14.8 Å². The lowest BCUT2D eigenvalue weighted by Gasteiger charge is -2.21. The monoisotopic (exact) mass is 480 g/mol. The number of methoxy groups -OCH3 is 1. The number of pyridine rings is 1. The molecule has 186 valence electrons. The number of carboxylic acid groups (broad SMARTS) is 1. The number of ether oxygens (including phenoxy) is 2. The average molecular weight is 481 g/mol. The van der Waals surface area contributed by atoms with Gasteiger partial charge in [0, 0.05) is 29.7 Å². The Morgan fingerprint density at radius 3 is 2.40 bits per heavy atom. The predicted molar refractivity (Wildman–Crippen MR) is 131 cm³/mol. The van der Waals surface area contributed by atoms with E-state index in [9.17, 15) is 14.7 Å². The van der Waals surface area contributed by atoms with Gasteiger partial charge in [-0.3, -0.25) is 14.5 Å². The van der Waals surface area contributed by atoms with Crippen LogP contribution >= 0.6 is 0 Å². The lowest BCUT2D eigenvalue weighted by molar-refractivity contribution is -0.141. The first-order valence-corrected chi connectivity index (χ1v) is 11.4. The number of aromatic nitrogens is 3. The molecular formula is C26H32N4O5. The quantitative estimate of drug-likeness (QED) is 0.421. The van der Waals surface area contributed by atoms with E-state index in [0.29, 0.717) is 12.5 Å². The highest BCUT2D eigenvalue weighted by Gasteiger charge is 2.22. The van der Waals surface area contributed by atoms with Gasteiger partial charge in [-0.2, -0.15) is 0 Å². The molecule has 0 unspecified atom stereocenters. The van der Waals surface area contributed by atoms with Gasteiger partial charge in [-0.25, -0.2) is 4.79 Å². The first kappa shape index (κ1) is 25.9. The van der Waals surface area contributed by atoms with Crippen molar-refractivity contribution in [2.75, 3.05) is 7.11 Å². The second-order valence-corrected chi connectivity index (χ2v) is 8.86. The largest absolute Gasteiger partial charge is 0.477 e. The molecule has 0 saturated heterocycles. The van der Waals surface area contributed by atoms with E-state index in [0.717, 1.165) is 45.6 Å². The van der Waals surface area contributed by atoms with Crippen molar-refractivity contribution >= 4 is 11.9 Å². The van der Waals surface area contributed by atoms with E-state index in [-0.39, 0.29) is 24.6 Å². The van der Waals surface area contributed by atoms with Crippen LogP contribution in [0.25, 0.3) is 11.1 Å². The van der Waals surface area contributed by atoms with Gasteiger partial charge in [-0.15, -0.1) is 5.10 Å². The van der Waals surface area contributed by atoms with Gasteiger partial charge >= 0.3 is 11.9 Å². The maximum Gasteiger partial charge on any atom is 0.342 e. The summed E-state index contributed by atoms with van der Waals surface area (Å²) >= 11 is 0. The fraction of sp³-hybridized carbons (Fsp3) is 0.385. The molecule has 0 amide bonds. The average Bonchev–Trinajstić information content (AvgIpc) is 3.21. The number of aryl methyl sites for hydroxylation is 2. The molecule has 0 bridgehead atoms. The summed E-state index contributed by atoms with van der Waals surface area (Å²) in [5.74, 6) is -1.45. The Morgan fingerprint density at radius 2 is 1.83 bits per heavy atom. The number of rotatable bonds is 10. The van der Waals surface area contributed by atoms with E-state index in [2.05, 4.69) is 23.7 Å². The van der Waals surface area contributed by atoms with Crippen molar-refractivity contribution in [1.29, 1.82) is 0 Å². The summed E-state index contributed by atoms with van der Waals surface area (Å²) in [5, 5.41) is 13.8. The predicted octanol–water partition coefficient (Wildman–Crippen LogP) is 3.67. The number of nitrogens with two attached hydrogens (primary N) is 1. The van der Waals surface area contributed by atoms with Crippen LogP contribution in [0.1, 0.15) is 52.3 Å². The number of hydrogen-bond acceptors (Lipinski definition) is 7. The minimum absolute atomic E-state index is 0.0342. The molecule has 0 radical (unpaired) electrons. The molecule has 1 aromatic carbocycles. The van der Waals surface area contributed by atoms with Crippen LogP contribution in [0.5, 0.6) is 5.88 Å². The van der Waals surface area contributed by atoms with Gasteiger partial charge in [-0.1, -0.05) is 43.7 Å². The molecule has 2 heterocycles. The van der Waals surface area contributed by atoms with E-state index in [1.807, 2.05) is 38.1 Å². The minimum Gasteiger partial charge on any atom is -0.477 e. The third kappa shape index (κ3) is 6.05. The van der Waals surface area contributed by atoms with Crippen LogP contribution in [0.15, 0.2) is 30.5 Å². The number of aromatic carboxylic acids is 1. The third-order valence-electron chi connectivity index (χ3n) is 5.67. The number of benzene rings is 1. The molecule has 0 aliphatic carbocycles. The molecule has 0 saturated carbocycles. The number of carboxylic acids is 1. The normalized spacial score (nSPS) is 11.1. The molecule has 0 spiro atoms. The number of esters is 1. The van der Waals surface area contributed by atoms with Crippen molar-refractivity contribution in [3.8, 4) is 17.0 Å². The van der Waals surface area contributed by atoms with E-state index >= 15 is 0 Å². The van der Waals surface area contributed by atoms with E-state index in [1.165, 1.54) is 18.0 Å². The molecule has 3 N–H and O–H groups in total. The minimum atomic E-state index is -1.21. The molecule has 2 aromatic heterocycles. The van der Waals surface area contributed by atoms with Crippen LogP contribution in [-0.2, 0) is 35.6 Å². The molecule has 0 aliphatic heterocycles. The molecule has 0 fully saturated rings. The van der Waals surface area contributed by atoms with Gasteiger partial charge in [0.25, 0.3) is 0 Å². The fourth-order valence-electron chi connectivity index (χ4n) is 3.94. The Morgan fingerprint density at radius 1 is 1.14 bits per heavy atom. The van der Waals surface area contributed by atoms with E-state index in [4.69, 9.17) is 15.5 Å². The number of nitrogens with zero attached hydrogens (tertiary/aromatic N) is 3. The summed E-state index contributed by atoms with van der Waals surface area (Å²) in [6, 6.07) is 8.16. The van der Waals surface area contributed by atoms with Gasteiger partial charge in [0.1, 0.15) is 18.7 Å².